The van der Waals surface area contributed by atoms with Gasteiger partial charge in [-0.15, -0.1) is 11.8 Å². The quantitative estimate of drug-likeness (QED) is 0.555. The second kappa shape index (κ2) is 7.93. The third kappa shape index (κ3) is 3.60. The van der Waals surface area contributed by atoms with E-state index in [-0.39, 0.29) is 0 Å². The minimum atomic E-state index is -1.38. The van der Waals surface area contributed by atoms with E-state index in [1.807, 2.05) is 30.3 Å². The van der Waals surface area contributed by atoms with Crippen molar-refractivity contribution in [2.24, 2.45) is 0 Å². The van der Waals surface area contributed by atoms with Crippen LogP contribution in [0.4, 0.5) is 0 Å². The molecule has 0 bridgehead atoms. The largest absolute Gasteiger partial charge is 0.507 e. The van der Waals surface area contributed by atoms with Crippen molar-refractivity contribution in [1.82, 2.24) is 10.4 Å². The van der Waals surface area contributed by atoms with E-state index in [9.17, 15) is 20.1 Å². The van der Waals surface area contributed by atoms with Crippen molar-refractivity contribution in [3.05, 3.63) is 86.9 Å². The number of aliphatic hydroxyl groups is 2. The predicted octanol–water partition coefficient (Wildman–Crippen LogP) is 4.24. The van der Waals surface area contributed by atoms with Crippen LogP contribution in [0.25, 0.3) is 0 Å². The van der Waals surface area contributed by atoms with Crippen molar-refractivity contribution in [2.75, 3.05) is 0 Å². The smallest absolute Gasteiger partial charge is 0.357 e. The van der Waals surface area contributed by atoms with Gasteiger partial charge in [-0.2, -0.15) is 0 Å². The summed E-state index contributed by atoms with van der Waals surface area (Å²) in [4.78, 5) is 12.7. The fraction of sp³-hybridized carbons (Fsp3) is 0.150. The number of rotatable bonds is 3. The average Bonchev–Trinajstić information content (AvgIpc) is 2.85. The second-order valence-corrected chi connectivity index (χ2v) is 8.32. The Morgan fingerprint density at radius 2 is 1.93 bits per heavy atom. The van der Waals surface area contributed by atoms with Gasteiger partial charge in [-0.05, 0) is 34.9 Å². The topological polar surface area (TPSA) is 93.0 Å². The van der Waals surface area contributed by atoms with Crippen LogP contribution in [-0.2, 0) is 10.5 Å². The maximum absolute atomic E-state index is 11.7. The molecule has 2 aliphatic rings. The van der Waals surface area contributed by atoms with Crippen LogP contribution in [0.1, 0.15) is 22.7 Å². The molecule has 2 aromatic carbocycles. The number of nitrogens with zero attached hydrogens (tertiary/aromatic N) is 1. The lowest BCUT2D eigenvalue weighted by Gasteiger charge is -2.32. The van der Waals surface area contributed by atoms with E-state index in [2.05, 4.69) is 5.43 Å². The Bertz CT molecular complexity index is 1060. The van der Waals surface area contributed by atoms with E-state index in [4.69, 9.17) is 23.2 Å². The summed E-state index contributed by atoms with van der Waals surface area (Å²) in [6.45, 7) is 0. The molecule has 4 N–H and O–H groups in total. The molecule has 2 heterocycles. The molecule has 0 aromatic heterocycles. The summed E-state index contributed by atoms with van der Waals surface area (Å²) in [5.41, 5.74) is 5.34. The van der Waals surface area contributed by atoms with E-state index < -0.39 is 29.6 Å². The standard InChI is InChI=1S/C20H16Cl2N2O4S/c21-13-6-5-10-12(16(13)22)9-29-15-4-2-1-3-11(15)17(10)23-24-8-7-14(25)19(26)18(24)20(27)28/h1-8,14,17,23,25-26H,9H2,(H,27,28). The number of hydrogen-bond acceptors (Lipinski definition) is 6. The van der Waals surface area contributed by atoms with Crippen LogP contribution in [0.5, 0.6) is 0 Å². The fourth-order valence-electron chi connectivity index (χ4n) is 3.39. The average molecular weight is 451 g/mol. The van der Waals surface area contributed by atoms with Crippen LogP contribution < -0.4 is 5.43 Å². The van der Waals surface area contributed by atoms with Crippen molar-refractivity contribution in [3.8, 4) is 0 Å². The van der Waals surface area contributed by atoms with Crippen LogP contribution in [0, 0.1) is 0 Å². The second-order valence-electron chi connectivity index (χ2n) is 6.51. The third-order valence-corrected chi connectivity index (χ3v) is 6.76. The predicted molar refractivity (Wildman–Crippen MR) is 112 cm³/mol. The monoisotopic (exact) mass is 450 g/mol. The van der Waals surface area contributed by atoms with Gasteiger partial charge in [0.15, 0.2) is 11.5 Å². The number of carboxylic acids is 1. The van der Waals surface area contributed by atoms with Crippen LogP contribution in [0.2, 0.25) is 10.0 Å². The first-order chi connectivity index (χ1) is 13.9. The van der Waals surface area contributed by atoms with Gasteiger partial charge in [0.25, 0.3) is 0 Å². The number of hydrogen-bond donors (Lipinski definition) is 4. The Hall–Kier alpha value is -2.16. The molecule has 0 aliphatic carbocycles. The van der Waals surface area contributed by atoms with E-state index in [1.54, 1.807) is 17.8 Å². The molecule has 2 aliphatic heterocycles. The summed E-state index contributed by atoms with van der Waals surface area (Å²) < 4.78 is 0. The maximum atomic E-state index is 11.7. The molecule has 0 radical (unpaired) electrons. The van der Waals surface area contributed by atoms with Gasteiger partial charge in [-0.1, -0.05) is 47.5 Å². The molecule has 2 atom stereocenters. The summed E-state index contributed by atoms with van der Waals surface area (Å²) in [6, 6.07) is 10.9. The van der Waals surface area contributed by atoms with Crippen LogP contribution >= 0.6 is 35.0 Å². The van der Waals surface area contributed by atoms with E-state index in [0.29, 0.717) is 15.8 Å². The molecule has 150 valence electrons. The first kappa shape index (κ1) is 20.1. The van der Waals surface area contributed by atoms with E-state index >= 15 is 0 Å². The maximum Gasteiger partial charge on any atom is 0.357 e. The Morgan fingerprint density at radius 3 is 2.69 bits per heavy atom. The number of benzene rings is 2. The number of aliphatic carboxylic acids is 1. The number of hydrazine groups is 1. The van der Waals surface area contributed by atoms with Gasteiger partial charge < -0.3 is 15.3 Å². The molecular formula is C20H16Cl2N2O4S. The highest BCUT2D eigenvalue weighted by atomic mass is 35.5. The van der Waals surface area contributed by atoms with Gasteiger partial charge in [0, 0.05) is 16.8 Å². The Morgan fingerprint density at radius 1 is 1.17 bits per heavy atom. The van der Waals surface area contributed by atoms with Crippen LogP contribution in [-0.4, -0.2) is 32.4 Å². The molecular weight excluding hydrogens is 435 g/mol. The Labute approximate surface area is 181 Å². The number of nitrogens with one attached hydrogen (secondary N) is 1. The highest BCUT2D eigenvalue weighted by Crippen LogP contribution is 2.43. The van der Waals surface area contributed by atoms with Gasteiger partial charge in [-0.3, -0.25) is 5.01 Å². The Kier molecular flexibility index (Phi) is 5.50. The number of carboxylic acid groups (broad SMARTS) is 1. The van der Waals surface area contributed by atoms with Gasteiger partial charge in [-0.25, -0.2) is 10.2 Å². The minimum Gasteiger partial charge on any atom is -0.507 e. The molecule has 0 saturated heterocycles. The third-order valence-electron chi connectivity index (χ3n) is 4.80. The van der Waals surface area contributed by atoms with E-state index in [0.717, 1.165) is 21.6 Å². The van der Waals surface area contributed by atoms with Gasteiger partial charge in [0.1, 0.15) is 6.10 Å². The first-order valence-corrected chi connectivity index (χ1v) is 10.4. The summed E-state index contributed by atoms with van der Waals surface area (Å²) in [5.74, 6) is -1.41. The van der Waals surface area contributed by atoms with Crippen molar-refractivity contribution in [2.45, 2.75) is 22.8 Å². The lowest BCUT2D eigenvalue weighted by Crippen LogP contribution is -2.42. The summed E-state index contributed by atoms with van der Waals surface area (Å²) in [5, 5.41) is 31.6. The molecule has 0 amide bonds. The van der Waals surface area contributed by atoms with Crippen molar-refractivity contribution >= 4 is 40.9 Å². The molecule has 2 unspecified atom stereocenters. The molecule has 0 saturated carbocycles. The van der Waals surface area contributed by atoms with E-state index in [1.165, 1.54) is 17.3 Å². The lowest BCUT2D eigenvalue weighted by atomic mass is 9.95. The summed E-state index contributed by atoms with van der Waals surface area (Å²) in [7, 11) is 0. The van der Waals surface area contributed by atoms with Crippen molar-refractivity contribution in [3.63, 3.8) is 0 Å². The number of halogens is 2. The number of thioether (sulfide) groups is 1. The van der Waals surface area contributed by atoms with Crippen molar-refractivity contribution < 1.29 is 20.1 Å². The molecule has 2 aromatic rings. The van der Waals surface area contributed by atoms with Crippen molar-refractivity contribution in [1.29, 1.82) is 0 Å². The van der Waals surface area contributed by atoms with Gasteiger partial charge in [0.05, 0.1) is 16.1 Å². The van der Waals surface area contributed by atoms with Crippen LogP contribution in [0.3, 0.4) is 0 Å². The highest BCUT2D eigenvalue weighted by molar-refractivity contribution is 7.98. The minimum absolute atomic E-state index is 0.445. The zero-order chi connectivity index (χ0) is 20.7. The molecule has 9 heteroatoms. The first-order valence-electron chi connectivity index (χ1n) is 8.65. The molecule has 4 rings (SSSR count). The van der Waals surface area contributed by atoms with Gasteiger partial charge >= 0.3 is 5.97 Å². The zero-order valence-corrected chi connectivity index (χ0v) is 17.2. The normalized spacial score (nSPS) is 20.9. The fourth-order valence-corrected chi connectivity index (χ4v) is 5.02. The SMILES string of the molecule is O=C(O)C1=C(O)C(O)C=CN1NC1c2ccccc2SCc2c1ccc(Cl)c2Cl. The zero-order valence-electron chi connectivity index (χ0n) is 14.8. The number of aliphatic hydroxyl groups excluding tert-OH is 2. The number of carbonyl (C=O) groups is 1. The number of fused-ring (bicyclic) bond motifs is 2. The van der Waals surface area contributed by atoms with Gasteiger partial charge in [0.2, 0.25) is 0 Å². The Balaban J connectivity index is 1.84. The highest BCUT2D eigenvalue weighted by Gasteiger charge is 2.32. The summed E-state index contributed by atoms with van der Waals surface area (Å²) >= 11 is 14.3. The molecule has 0 fully saturated rings. The van der Waals surface area contributed by atoms with Crippen LogP contribution in [0.15, 0.2) is 65.0 Å². The molecule has 29 heavy (non-hydrogen) atoms. The molecule has 0 spiro atoms. The lowest BCUT2D eigenvalue weighted by molar-refractivity contribution is -0.135. The molecule has 6 nitrogen and oxygen atoms in total. The summed E-state index contributed by atoms with van der Waals surface area (Å²) in [6.07, 6.45) is 1.30.